The van der Waals surface area contributed by atoms with Crippen molar-refractivity contribution in [3.8, 4) is 17.2 Å². The fourth-order valence-electron chi connectivity index (χ4n) is 4.23. The van der Waals surface area contributed by atoms with Crippen LogP contribution >= 0.6 is 0 Å². The number of sulfone groups is 1. The second-order valence-corrected chi connectivity index (χ2v) is 10.8. The van der Waals surface area contributed by atoms with E-state index in [2.05, 4.69) is 10.3 Å². The molecule has 1 fully saturated rings. The maximum Gasteiger partial charge on any atom is 0.268 e. The van der Waals surface area contributed by atoms with Gasteiger partial charge in [-0.1, -0.05) is 12.1 Å². The number of fused-ring (bicyclic) bond motifs is 1. The summed E-state index contributed by atoms with van der Waals surface area (Å²) in [5.41, 5.74) is 3.12. The zero-order chi connectivity index (χ0) is 26.3. The highest BCUT2D eigenvalue weighted by molar-refractivity contribution is 7.90. The Labute approximate surface area is 206 Å². The number of rotatable bonds is 5. The Morgan fingerprint density at radius 2 is 1.92 bits per heavy atom. The Morgan fingerprint density at radius 1 is 1.22 bits per heavy atom. The van der Waals surface area contributed by atoms with Crippen molar-refractivity contribution in [2.24, 2.45) is 0 Å². The lowest BCUT2D eigenvalue weighted by Crippen LogP contribution is -2.43. The number of aryl methyl sites for hydroxylation is 1. The number of nitrogens with one attached hydrogen (secondary N) is 1. The van der Waals surface area contributed by atoms with Gasteiger partial charge in [-0.15, -0.1) is 0 Å². The average Bonchev–Trinajstić information content (AvgIpc) is 3.15. The van der Waals surface area contributed by atoms with Crippen molar-refractivity contribution in [3.05, 3.63) is 59.8 Å². The summed E-state index contributed by atoms with van der Waals surface area (Å²) in [6.45, 7) is 0.464. The molecule has 0 bridgehead atoms. The number of alkyl halides is 2. The largest absolute Gasteiger partial charge is 0.343 e. The number of hydrogen-bond acceptors (Lipinski definition) is 6. The summed E-state index contributed by atoms with van der Waals surface area (Å²) >= 11 is 0. The molecule has 0 aliphatic carbocycles. The SMILES string of the molecule is Cc1cc2nccc(C(=O)NCC(=O)N3CC(F)(F)C[C@H]3C#N)c2cc1-c1ccc(S(C)(=O)=O)cc1. The lowest BCUT2D eigenvalue weighted by atomic mass is 9.96. The molecule has 0 saturated carbocycles. The summed E-state index contributed by atoms with van der Waals surface area (Å²) in [6.07, 6.45) is 1.84. The summed E-state index contributed by atoms with van der Waals surface area (Å²) in [7, 11) is -3.35. The second kappa shape index (κ2) is 9.28. The van der Waals surface area contributed by atoms with E-state index < -0.39 is 53.1 Å². The third kappa shape index (κ3) is 5.04. The minimum atomic E-state index is -3.35. The van der Waals surface area contributed by atoms with Crippen LogP contribution in [0.3, 0.4) is 0 Å². The van der Waals surface area contributed by atoms with Crippen LogP contribution in [0.5, 0.6) is 0 Å². The van der Waals surface area contributed by atoms with Gasteiger partial charge < -0.3 is 10.2 Å². The Hall–Kier alpha value is -3.91. The van der Waals surface area contributed by atoms with Crippen LogP contribution in [0.25, 0.3) is 22.0 Å². The molecule has 1 aromatic heterocycles. The van der Waals surface area contributed by atoms with Gasteiger partial charge >= 0.3 is 0 Å². The van der Waals surface area contributed by atoms with Crippen LogP contribution in [0.2, 0.25) is 0 Å². The Bertz CT molecular complexity index is 1520. The molecule has 1 aliphatic rings. The molecule has 0 radical (unpaired) electrons. The highest BCUT2D eigenvalue weighted by atomic mass is 32.2. The maximum absolute atomic E-state index is 13.7. The number of hydrogen-bond donors (Lipinski definition) is 1. The van der Waals surface area contributed by atoms with Gasteiger partial charge in [0.1, 0.15) is 6.04 Å². The van der Waals surface area contributed by atoms with Crippen molar-refractivity contribution in [3.63, 3.8) is 0 Å². The van der Waals surface area contributed by atoms with Crippen molar-refractivity contribution in [1.29, 1.82) is 5.26 Å². The number of nitriles is 1. The Balaban J connectivity index is 1.60. The molecule has 0 spiro atoms. The molecule has 0 unspecified atom stereocenters. The standard InChI is InChI=1S/C25H22F2N4O4S/c1-15-9-22-21(10-20(15)16-3-5-18(6-4-16)36(2,34)35)19(7-8-29-22)24(33)30-13-23(32)31-14-25(26,27)11-17(31)12-28/h3-10,17H,11,13-14H2,1-2H3,(H,30,33)/t17-/m0/s1. The Morgan fingerprint density at radius 3 is 2.56 bits per heavy atom. The lowest BCUT2D eigenvalue weighted by Gasteiger charge is -2.19. The zero-order valence-corrected chi connectivity index (χ0v) is 20.3. The molecule has 8 nitrogen and oxygen atoms in total. The summed E-state index contributed by atoms with van der Waals surface area (Å²) in [4.78, 5) is 30.7. The minimum absolute atomic E-state index is 0.186. The number of carbonyl (C=O) groups is 2. The third-order valence-corrected chi connectivity index (χ3v) is 7.19. The highest BCUT2D eigenvalue weighted by Gasteiger charge is 2.47. The molecule has 4 rings (SSSR count). The van der Waals surface area contributed by atoms with E-state index in [4.69, 9.17) is 5.26 Å². The average molecular weight is 513 g/mol. The molecule has 36 heavy (non-hydrogen) atoms. The molecule has 1 saturated heterocycles. The highest BCUT2D eigenvalue weighted by Crippen LogP contribution is 2.32. The van der Waals surface area contributed by atoms with E-state index in [9.17, 15) is 26.8 Å². The van der Waals surface area contributed by atoms with Gasteiger partial charge in [-0.3, -0.25) is 14.6 Å². The maximum atomic E-state index is 13.7. The van der Waals surface area contributed by atoms with E-state index in [1.165, 1.54) is 24.4 Å². The summed E-state index contributed by atoms with van der Waals surface area (Å²) in [5.74, 6) is -4.51. The number of halogens is 2. The molecular formula is C25H22F2N4O4S. The molecule has 1 aliphatic heterocycles. The molecule has 2 heterocycles. The monoisotopic (exact) mass is 512 g/mol. The van der Waals surface area contributed by atoms with Gasteiger partial charge in [-0.05, 0) is 53.9 Å². The quantitative estimate of drug-likeness (QED) is 0.561. The molecule has 3 aromatic rings. The summed E-state index contributed by atoms with van der Waals surface area (Å²) < 4.78 is 50.8. The predicted molar refractivity (Wildman–Crippen MR) is 128 cm³/mol. The molecule has 1 atom stereocenters. The van der Waals surface area contributed by atoms with Gasteiger partial charge in [0.2, 0.25) is 5.91 Å². The molecule has 1 N–H and O–H groups in total. The van der Waals surface area contributed by atoms with Gasteiger partial charge in [0.15, 0.2) is 9.84 Å². The predicted octanol–water partition coefficient (Wildman–Crippen LogP) is 3.10. The van der Waals surface area contributed by atoms with Gasteiger partial charge in [-0.25, -0.2) is 17.2 Å². The van der Waals surface area contributed by atoms with E-state index in [0.29, 0.717) is 10.9 Å². The number of pyridine rings is 1. The van der Waals surface area contributed by atoms with Gasteiger partial charge in [0.05, 0.1) is 35.1 Å². The second-order valence-electron chi connectivity index (χ2n) is 8.75. The van der Waals surface area contributed by atoms with E-state index in [-0.39, 0.29) is 10.5 Å². The van der Waals surface area contributed by atoms with E-state index in [1.807, 2.05) is 6.92 Å². The van der Waals surface area contributed by atoms with Crippen LogP contribution in [0, 0.1) is 18.3 Å². The van der Waals surface area contributed by atoms with E-state index in [0.717, 1.165) is 27.8 Å². The molecular weight excluding hydrogens is 490 g/mol. The molecule has 186 valence electrons. The summed E-state index contributed by atoms with van der Waals surface area (Å²) in [6, 6.07) is 11.9. The van der Waals surface area contributed by atoms with Crippen molar-refractivity contribution in [1.82, 2.24) is 15.2 Å². The van der Waals surface area contributed by atoms with Crippen molar-refractivity contribution < 1.29 is 26.8 Å². The van der Waals surface area contributed by atoms with Crippen LogP contribution < -0.4 is 5.32 Å². The molecule has 11 heteroatoms. The van der Waals surface area contributed by atoms with Crippen LogP contribution in [-0.4, -0.2) is 61.4 Å². The molecule has 2 amide bonds. The summed E-state index contributed by atoms with van der Waals surface area (Å²) in [5, 5.41) is 12.0. The third-order valence-electron chi connectivity index (χ3n) is 6.07. The number of nitrogens with zero attached hydrogens (tertiary/aromatic N) is 3. The first-order valence-corrected chi connectivity index (χ1v) is 12.8. The number of amides is 2. The van der Waals surface area contributed by atoms with Crippen molar-refractivity contribution in [2.75, 3.05) is 19.3 Å². The molecule has 2 aromatic carbocycles. The van der Waals surface area contributed by atoms with Crippen LogP contribution in [0.15, 0.2) is 53.6 Å². The van der Waals surface area contributed by atoms with Gasteiger partial charge in [0, 0.05) is 24.3 Å². The van der Waals surface area contributed by atoms with E-state index in [1.54, 1.807) is 30.3 Å². The first-order valence-electron chi connectivity index (χ1n) is 10.9. The van der Waals surface area contributed by atoms with Crippen LogP contribution in [0.4, 0.5) is 8.78 Å². The topological polar surface area (TPSA) is 120 Å². The normalized spacial score (nSPS) is 17.1. The van der Waals surface area contributed by atoms with Gasteiger partial charge in [0.25, 0.3) is 11.8 Å². The van der Waals surface area contributed by atoms with Crippen molar-refractivity contribution >= 4 is 32.6 Å². The first kappa shape index (κ1) is 25.2. The Kier molecular flexibility index (Phi) is 6.49. The zero-order valence-electron chi connectivity index (χ0n) is 19.5. The first-order chi connectivity index (χ1) is 16.9. The van der Waals surface area contributed by atoms with Crippen molar-refractivity contribution in [2.45, 2.75) is 30.2 Å². The fraction of sp³-hybridized carbons (Fsp3) is 0.280. The number of aromatic nitrogens is 1. The smallest absolute Gasteiger partial charge is 0.268 e. The van der Waals surface area contributed by atoms with Gasteiger partial charge in [-0.2, -0.15) is 5.26 Å². The van der Waals surface area contributed by atoms with Crippen LogP contribution in [-0.2, 0) is 14.6 Å². The van der Waals surface area contributed by atoms with E-state index >= 15 is 0 Å². The fourth-order valence-corrected chi connectivity index (χ4v) is 4.87. The lowest BCUT2D eigenvalue weighted by molar-refractivity contribution is -0.131. The van der Waals surface area contributed by atoms with Crippen LogP contribution in [0.1, 0.15) is 22.3 Å². The minimum Gasteiger partial charge on any atom is -0.343 e. The number of benzene rings is 2. The number of likely N-dealkylation sites (tertiary alicyclic amines) is 1. The number of carbonyl (C=O) groups excluding carboxylic acids is 2.